The van der Waals surface area contributed by atoms with E-state index in [1.165, 1.54) is 17.0 Å². The molecule has 0 bridgehead atoms. The molecule has 0 amide bonds. The molecule has 1 unspecified atom stereocenters. The number of halogens is 1. The summed E-state index contributed by atoms with van der Waals surface area (Å²) in [6, 6.07) is 16.0. The van der Waals surface area contributed by atoms with Gasteiger partial charge in [0.2, 0.25) is 10.8 Å². The van der Waals surface area contributed by atoms with E-state index in [0.29, 0.717) is 5.02 Å². The topological polar surface area (TPSA) is 66.1 Å². The van der Waals surface area contributed by atoms with Gasteiger partial charge in [-0.2, -0.15) is 4.52 Å². The quantitative estimate of drug-likeness (QED) is 0.431. The van der Waals surface area contributed by atoms with Crippen molar-refractivity contribution in [2.24, 2.45) is 0 Å². The maximum Gasteiger partial charge on any atom is 0.230 e. The Morgan fingerprint density at radius 2 is 1.76 bits per heavy atom. The number of aromatic nitrogens is 3. The van der Waals surface area contributed by atoms with Gasteiger partial charge < -0.3 is 14.7 Å². The molecule has 4 aromatic rings. The molecule has 1 saturated heterocycles. The van der Waals surface area contributed by atoms with E-state index in [0.717, 1.165) is 59.6 Å². The summed E-state index contributed by atoms with van der Waals surface area (Å²) in [4.78, 5) is 10.9. The number of hydrogen-bond acceptors (Lipinski definition) is 7. The van der Waals surface area contributed by atoms with E-state index in [1.54, 1.807) is 11.6 Å². The molecule has 1 aliphatic rings. The van der Waals surface area contributed by atoms with Crippen molar-refractivity contribution >= 4 is 33.6 Å². The average Bonchev–Trinajstić information content (AvgIpc) is 3.40. The van der Waals surface area contributed by atoms with E-state index < -0.39 is 0 Å². The normalized spacial score (nSPS) is 15.8. The van der Waals surface area contributed by atoms with Crippen LogP contribution in [0.2, 0.25) is 5.02 Å². The van der Waals surface area contributed by atoms with Crippen LogP contribution in [-0.4, -0.2) is 57.9 Å². The number of piperazine rings is 1. The Bertz CT molecular complexity index is 1230. The van der Waals surface area contributed by atoms with Gasteiger partial charge in [0.1, 0.15) is 5.75 Å². The van der Waals surface area contributed by atoms with Crippen LogP contribution in [0.1, 0.15) is 29.2 Å². The number of fused-ring (bicyclic) bond motifs is 1. The molecule has 172 valence electrons. The van der Waals surface area contributed by atoms with Crippen LogP contribution in [0.5, 0.6) is 11.6 Å². The number of aryl methyl sites for hydroxylation is 1. The Morgan fingerprint density at radius 1 is 1.06 bits per heavy atom. The van der Waals surface area contributed by atoms with Crippen LogP contribution in [0.4, 0.5) is 5.69 Å². The summed E-state index contributed by atoms with van der Waals surface area (Å²) in [5.74, 6) is 1.76. The lowest BCUT2D eigenvalue weighted by atomic mass is 10.0. The third kappa shape index (κ3) is 4.26. The van der Waals surface area contributed by atoms with Crippen LogP contribution in [0, 0.1) is 0 Å². The first-order valence-corrected chi connectivity index (χ1v) is 12.2. The Kier molecular flexibility index (Phi) is 6.14. The van der Waals surface area contributed by atoms with Crippen molar-refractivity contribution in [2.75, 3.05) is 38.2 Å². The number of hydrogen-bond donors (Lipinski definition) is 1. The molecule has 3 heterocycles. The monoisotopic (exact) mass is 483 g/mol. The third-order valence-electron chi connectivity index (χ3n) is 6.11. The first-order valence-electron chi connectivity index (χ1n) is 11.0. The van der Waals surface area contributed by atoms with Crippen LogP contribution >= 0.6 is 22.9 Å². The fraction of sp³-hybridized carbons (Fsp3) is 0.333. The van der Waals surface area contributed by atoms with Gasteiger partial charge >= 0.3 is 0 Å². The Balaban J connectivity index is 1.44. The van der Waals surface area contributed by atoms with E-state index in [9.17, 15) is 5.11 Å². The summed E-state index contributed by atoms with van der Waals surface area (Å²) in [5, 5.41) is 16.2. The Hall–Kier alpha value is -2.81. The molecule has 1 fully saturated rings. The van der Waals surface area contributed by atoms with Gasteiger partial charge in [-0.1, -0.05) is 42.0 Å². The lowest BCUT2D eigenvalue weighted by Crippen LogP contribution is -2.47. The van der Waals surface area contributed by atoms with Gasteiger partial charge in [-0.15, -0.1) is 5.10 Å². The highest BCUT2D eigenvalue weighted by Crippen LogP contribution is 2.40. The molecule has 1 aliphatic heterocycles. The fourth-order valence-corrected chi connectivity index (χ4v) is 5.59. The van der Waals surface area contributed by atoms with Gasteiger partial charge in [-0.3, -0.25) is 4.90 Å². The molecule has 9 heteroatoms. The summed E-state index contributed by atoms with van der Waals surface area (Å²) in [5.41, 5.74) is 2.28. The van der Waals surface area contributed by atoms with Gasteiger partial charge in [0, 0.05) is 43.3 Å². The zero-order valence-corrected chi connectivity index (χ0v) is 20.2. The highest BCUT2D eigenvalue weighted by Gasteiger charge is 2.31. The second kappa shape index (κ2) is 9.21. The zero-order chi connectivity index (χ0) is 22.9. The van der Waals surface area contributed by atoms with Crippen molar-refractivity contribution in [3.8, 4) is 11.6 Å². The molecule has 0 saturated carbocycles. The maximum absolute atomic E-state index is 11.1. The van der Waals surface area contributed by atoms with Crippen LogP contribution in [0.25, 0.3) is 4.96 Å². The highest BCUT2D eigenvalue weighted by atomic mass is 35.5. The number of benzene rings is 2. The van der Waals surface area contributed by atoms with E-state index in [2.05, 4.69) is 32.0 Å². The predicted molar refractivity (Wildman–Crippen MR) is 132 cm³/mol. The fourth-order valence-electron chi connectivity index (χ4n) is 4.32. The smallest absolute Gasteiger partial charge is 0.230 e. The van der Waals surface area contributed by atoms with Crippen LogP contribution in [0.15, 0.2) is 48.5 Å². The molecule has 2 aromatic carbocycles. The molecule has 5 rings (SSSR count). The number of nitrogens with zero attached hydrogens (tertiary/aromatic N) is 5. The number of thiazole rings is 1. The van der Waals surface area contributed by atoms with Crippen molar-refractivity contribution in [1.29, 1.82) is 0 Å². The minimum absolute atomic E-state index is 0.0983. The third-order valence-corrected chi connectivity index (χ3v) is 7.44. The van der Waals surface area contributed by atoms with Crippen molar-refractivity contribution < 1.29 is 9.84 Å². The molecule has 7 nitrogen and oxygen atoms in total. The van der Waals surface area contributed by atoms with Gasteiger partial charge in [-0.25, -0.2) is 4.98 Å². The first kappa shape index (κ1) is 22.0. The number of ether oxygens (including phenoxy) is 1. The number of methoxy groups -OCH3 is 1. The molecule has 0 aliphatic carbocycles. The van der Waals surface area contributed by atoms with Crippen LogP contribution in [0.3, 0.4) is 0 Å². The Morgan fingerprint density at radius 3 is 2.36 bits per heavy atom. The van der Waals surface area contributed by atoms with Gasteiger partial charge in [0.15, 0.2) is 5.82 Å². The molecule has 0 radical (unpaired) electrons. The van der Waals surface area contributed by atoms with Gasteiger partial charge in [-0.05, 0) is 42.0 Å². The lowest BCUT2D eigenvalue weighted by Gasteiger charge is -2.40. The molecule has 1 N–H and O–H groups in total. The van der Waals surface area contributed by atoms with Gasteiger partial charge in [0.05, 0.1) is 18.0 Å². The highest BCUT2D eigenvalue weighted by molar-refractivity contribution is 7.17. The molecule has 2 aromatic heterocycles. The number of anilines is 1. The number of aromatic hydroxyl groups is 1. The van der Waals surface area contributed by atoms with E-state index in [4.69, 9.17) is 16.3 Å². The molecular formula is C24H26ClN5O2S. The minimum atomic E-state index is -0.0983. The molecule has 1 atom stereocenters. The largest absolute Gasteiger partial charge is 0.497 e. The SMILES string of the molecule is CCc1nc2sc(C(c3ccc(Cl)cc3)N3CCN(c4ccc(OC)cc4)CC3)c(O)n2n1. The summed E-state index contributed by atoms with van der Waals surface area (Å²) in [6.45, 7) is 5.49. The van der Waals surface area contributed by atoms with Crippen molar-refractivity contribution in [3.63, 3.8) is 0 Å². The number of rotatable bonds is 6. The van der Waals surface area contributed by atoms with E-state index in [1.807, 2.05) is 43.3 Å². The lowest BCUT2D eigenvalue weighted by molar-refractivity contribution is 0.211. The van der Waals surface area contributed by atoms with E-state index in [-0.39, 0.29) is 11.9 Å². The van der Waals surface area contributed by atoms with E-state index >= 15 is 0 Å². The standard InChI is InChI=1S/C24H26ClN5O2S/c1-3-20-26-24-30(27-20)23(31)22(33-24)21(16-4-6-17(25)7-5-16)29-14-12-28(13-15-29)18-8-10-19(32-2)11-9-18/h4-11,21,31H,3,12-15H2,1-2H3. The van der Waals surface area contributed by atoms with Gasteiger partial charge in [0.25, 0.3) is 0 Å². The summed E-state index contributed by atoms with van der Waals surface area (Å²) in [6.07, 6.45) is 0.733. The van der Waals surface area contributed by atoms with Crippen molar-refractivity contribution in [1.82, 2.24) is 19.5 Å². The average molecular weight is 484 g/mol. The Labute approximate surface area is 201 Å². The molecule has 33 heavy (non-hydrogen) atoms. The second-order valence-electron chi connectivity index (χ2n) is 8.04. The molecule has 0 spiro atoms. The van der Waals surface area contributed by atoms with Crippen molar-refractivity contribution in [2.45, 2.75) is 19.4 Å². The summed E-state index contributed by atoms with van der Waals surface area (Å²) < 4.78 is 6.85. The second-order valence-corrected chi connectivity index (χ2v) is 9.49. The molecular weight excluding hydrogens is 458 g/mol. The van der Waals surface area contributed by atoms with Crippen molar-refractivity contribution in [3.05, 3.63) is 69.8 Å². The predicted octanol–water partition coefficient (Wildman–Crippen LogP) is 4.63. The van der Waals surface area contributed by atoms with Crippen LogP contribution < -0.4 is 9.64 Å². The first-order chi connectivity index (χ1) is 16.1. The maximum atomic E-state index is 11.1. The van der Waals surface area contributed by atoms with Crippen LogP contribution in [-0.2, 0) is 6.42 Å². The minimum Gasteiger partial charge on any atom is -0.497 e. The zero-order valence-electron chi connectivity index (χ0n) is 18.6. The summed E-state index contributed by atoms with van der Waals surface area (Å²) >= 11 is 7.67. The summed E-state index contributed by atoms with van der Waals surface area (Å²) in [7, 11) is 1.68.